The molecule has 0 saturated carbocycles. The zero-order chi connectivity index (χ0) is 27.5. The van der Waals surface area contributed by atoms with E-state index in [1.54, 1.807) is 68.6 Å². The predicted octanol–water partition coefficient (Wildman–Crippen LogP) is 4.65. The number of ether oxygens (including phenoxy) is 4. The second-order valence-electron chi connectivity index (χ2n) is 8.46. The Bertz CT molecular complexity index is 1770. The lowest BCUT2D eigenvalue weighted by Gasteiger charge is -2.17. The van der Waals surface area contributed by atoms with E-state index < -0.39 is 17.6 Å². The molecule has 3 aromatic carbocycles. The van der Waals surface area contributed by atoms with Crippen LogP contribution in [0.5, 0.6) is 17.2 Å². The van der Waals surface area contributed by atoms with Gasteiger partial charge in [-0.1, -0.05) is 24.3 Å². The summed E-state index contributed by atoms with van der Waals surface area (Å²) in [4.78, 5) is 30.3. The van der Waals surface area contributed by atoms with Gasteiger partial charge in [-0.15, -0.1) is 0 Å². The summed E-state index contributed by atoms with van der Waals surface area (Å²) < 4.78 is 28.8. The van der Waals surface area contributed by atoms with Crippen molar-refractivity contribution in [2.45, 2.75) is 13.0 Å². The van der Waals surface area contributed by atoms with Crippen molar-refractivity contribution in [3.05, 3.63) is 82.6 Å². The molecule has 0 fully saturated rings. The second kappa shape index (κ2) is 10.7. The molecule has 5 rings (SSSR count). The van der Waals surface area contributed by atoms with Gasteiger partial charge in [0.2, 0.25) is 5.82 Å². The first-order chi connectivity index (χ1) is 18.9. The lowest BCUT2D eigenvalue weighted by atomic mass is 10.2. The fourth-order valence-electron chi connectivity index (χ4n) is 4.14. The summed E-state index contributed by atoms with van der Waals surface area (Å²) >= 11 is 0. The molecule has 10 nitrogen and oxygen atoms in total. The smallest absolute Gasteiger partial charge is 0.346 e. The van der Waals surface area contributed by atoms with Gasteiger partial charge < -0.3 is 23.4 Å². The summed E-state index contributed by atoms with van der Waals surface area (Å²) in [6.07, 6.45) is 0.525. The van der Waals surface area contributed by atoms with E-state index in [0.717, 1.165) is 5.39 Å². The van der Waals surface area contributed by atoms with Gasteiger partial charge in [-0.3, -0.25) is 4.79 Å². The van der Waals surface area contributed by atoms with Crippen molar-refractivity contribution in [2.75, 3.05) is 21.3 Å². The molecule has 0 N–H and O–H groups in total. The average Bonchev–Trinajstić information content (AvgIpc) is 3.41. The van der Waals surface area contributed by atoms with Crippen molar-refractivity contribution >= 4 is 34.1 Å². The molecular weight excluding hydrogens is 502 g/mol. The van der Waals surface area contributed by atoms with Gasteiger partial charge in [-0.05, 0) is 49.4 Å². The maximum Gasteiger partial charge on any atom is 0.346 e. The third-order valence-corrected chi connectivity index (χ3v) is 6.08. The average molecular weight is 528 g/mol. The van der Waals surface area contributed by atoms with Crippen molar-refractivity contribution in [2.24, 2.45) is 5.10 Å². The minimum absolute atomic E-state index is 0.196. The van der Waals surface area contributed by atoms with Crippen molar-refractivity contribution in [3.8, 4) is 28.8 Å². The highest BCUT2D eigenvalue weighted by Gasteiger charge is 2.21. The Morgan fingerprint density at radius 2 is 1.72 bits per heavy atom. The van der Waals surface area contributed by atoms with Gasteiger partial charge in [-0.25, -0.2) is 9.78 Å². The third-order valence-electron chi connectivity index (χ3n) is 6.08. The SMILES string of the molecule is COC(=O)[C@@H](C)Oc1c(C=Nn2c(-c3cc4c(OC)cccc4o3)nc3ccccc3c2=O)cccc1OC. The number of rotatable bonds is 8. The number of methoxy groups -OCH3 is 3. The van der Waals surface area contributed by atoms with Crippen LogP contribution in [0.1, 0.15) is 12.5 Å². The Labute approximate surface area is 223 Å². The molecule has 0 radical (unpaired) electrons. The minimum atomic E-state index is -0.912. The molecule has 2 aromatic heterocycles. The van der Waals surface area contributed by atoms with E-state index in [2.05, 4.69) is 5.10 Å². The number of carbonyl (C=O) groups is 1. The first kappa shape index (κ1) is 25.5. The Hall–Kier alpha value is -5.12. The molecule has 1 atom stereocenters. The quantitative estimate of drug-likeness (QED) is 0.212. The fraction of sp³-hybridized carbons (Fsp3) is 0.172. The lowest BCUT2D eigenvalue weighted by Crippen LogP contribution is -2.25. The molecule has 0 aliphatic rings. The second-order valence-corrected chi connectivity index (χ2v) is 8.46. The van der Waals surface area contributed by atoms with Crippen molar-refractivity contribution in [1.82, 2.24) is 9.66 Å². The number of fused-ring (bicyclic) bond motifs is 2. The van der Waals surface area contributed by atoms with E-state index in [1.165, 1.54) is 25.1 Å². The topological polar surface area (TPSA) is 114 Å². The summed E-state index contributed by atoms with van der Waals surface area (Å²) in [5, 5.41) is 5.61. The predicted molar refractivity (Wildman–Crippen MR) is 146 cm³/mol. The number of para-hydroxylation sites is 2. The molecule has 39 heavy (non-hydrogen) atoms. The van der Waals surface area contributed by atoms with Crippen LogP contribution in [0.3, 0.4) is 0 Å². The van der Waals surface area contributed by atoms with Crippen LogP contribution in [0.2, 0.25) is 0 Å². The number of benzene rings is 3. The fourth-order valence-corrected chi connectivity index (χ4v) is 4.14. The van der Waals surface area contributed by atoms with Crippen LogP contribution in [-0.4, -0.2) is 49.3 Å². The first-order valence-electron chi connectivity index (χ1n) is 12.0. The summed E-state index contributed by atoms with van der Waals surface area (Å²) in [6, 6.07) is 19.3. The van der Waals surface area contributed by atoms with E-state index in [-0.39, 0.29) is 11.6 Å². The van der Waals surface area contributed by atoms with E-state index in [1.807, 2.05) is 12.1 Å². The standard InChI is InChI=1S/C29H25N3O7/c1-17(29(34)37-4)38-26-18(9-7-14-24(26)36-3)16-30-32-27(31-21-11-6-5-10-19(21)28(32)33)25-15-20-22(35-2)12-8-13-23(20)39-25/h5-17H,1-4H3/t17-/m1/s1. The highest BCUT2D eigenvalue weighted by Crippen LogP contribution is 2.34. The molecule has 0 saturated heterocycles. The largest absolute Gasteiger partial charge is 0.496 e. The molecule has 2 heterocycles. The van der Waals surface area contributed by atoms with Crippen LogP contribution in [0, 0.1) is 0 Å². The van der Waals surface area contributed by atoms with E-state index in [0.29, 0.717) is 39.3 Å². The summed E-state index contributed by atoms with van der Waals surface area (Å²) in [7, 11) is 4.34. The number of esters is 1. The first-order valence-corrected chi connectivity index (χ1v) is 12.0. The van der Waals surface area contributed by atoms with Gasteiger partial charge in [-0.2, -0.15) is 9.78 Å². The van der Waals surface area contributed by atoms with Gasteiger partial charge in [0.15, 0.2) is 23.4 Å². The Morgan fingerprint density at radius 1 is 0.974 bits per heavy atom. The molecular formula is C29H25N3O7. The molecule has 0 bridgehead atoms. The van der Waals surface area contributed by atoms with Crippen LogP contribution < -0.4 is 19.8 Å². The molecule has 0 unspecified atom stereocenters. The Balaban J connectivity index is 1.68. The van der Waals surface area contributed by atoms with Crippen LogP contribution >= 0.6 is 0 Å². The van der Waals surface area contributed by atoms with Crippen LogP contribution in [0.25, 0.3) is 33.5 Å². The van der Waals surface area contributed by atoms with Gasteiger partial charge in [0, 0.05) is 5.56 Å². The number of carbonyl (C=O) groups excluding carboxylic acids is 1. The minimum Gasteiger partial charge on any atom is -0.496 e. The van der Waals surface area contributed by atoms with Gasteiger partial charge in [0.25, 0.3) is 5.56 Å². The van der Waals surface area contributed by atoms with Crippen molar-refractivity contribution < 1.29 is 28.2 Å². The van der Waals surface area contributed by atoms with Crippen LogP contribution in [-0.2, 0) is 9.53 Å². The highest BCUT2D eigenvalue weighted by atomic mass is 16.6. The number of aromatic nitrogens is 2. The van der Waals surface area contributed by atoms with E-state index in [4.69, 9.17) is 28.3 Å². The normalized spacial score (nSPS) is 12.1. The monoisotopic (exact) mass is 527 g/mol. The van der Waals surface area contributed by atoms with Gasteiger partial charge in [0.05, 0.1) is 43.8 Å². The maximum atomic E-state index is 13.6. The summed E-state index contributed by atoms with van der Waals surface area (Å²) in [5.41, 5.74) is 1.13. The number of hydrogen-bond donors (Lipinski definition) is 0. The summed E-state index contributed by atoms with van der Waals surface area (Å²) in [5.74, 6) is 1.24. The van der Waals surface area contributed by atoms with Crippen LogP contribution in [0.15, 0.2) is 81.0 Å². The molecule has 0 aliphatic carbocycles. The third kappa shape index (κ3) is 4.79. The molecule has 0 aliphatic heterocycles. The molecule has 0 amide bonds. The zero-order valence-corrected chi connectivity index (χ0v) is 21.7. The Morgan fingerprint density at radius 3 is 2.49 bits per heavy atom. The molecule has 5 aromatic rings. The van der Waals surface area contributed by atoms with E-state index in [9.17, 15) is 9.59 Å². The molecule has 10 heteroatoms. The number of nitrogens with zero attached hydrogens (tertiary/aromatic N) is 3. The zero-order valence-electron chi connectivity index (χ0n) is 21.7. The Kier molecular flexibility index (Phi) is 7.00. The van der Waals surface area contributed by atoms with Gasteiger partial charge >= 0.3 is 5.97 Å². The number of hydrogen-bond acceptors (Lipinski definition) is 9. The summed E-state index contributed by atoms with van der Waals surface area (Å²) in [6.45, 7) is 1.56. The van der Waals surface area contributed by atoms with E-state index >= 15 is 0 Å². The highest BCUT2D eigenvalue weighted by molar-refractivity contribution is 5.89. The van der Waals surface area contributed by atoms with Crippen molar-refractivity contribution in [3.63, 3.8) is 0 Å². The number of furan rings is 1. The van der Waals surface area contributed by atoms with Crippen LogP contribution in [0.4, 0.5) is 0 Å². The van der Waals surface area contributed by atoms with Crippen molar-refractivity contribution in [1.29, 1.82) is 0 Å². The van der Waals surface area contributed by atoms with Gasteiger partial charge in [0.1, 0.15) is 11.3 Å². The maximum absolute atomic E-state index is 13.6. The molecule has 198 valence electrons. The lowest BCUT2D eigenvalue weighted by molar-refractivity contribution is -0.147. The molecule has 0 spiro atoms.